The summed E-state index contributed by atoms with van der Waals surface area (Å²) >= 11 is 1.48. The molecule has 1 aromatic heterocycles. The average Bonchev–Trinajstić information content (AvgIpc) is 3.21. The third kappa shape index (κ3) is 4.65. The number of rotatable bonds is 7. The fraction of sp³-hybridized carbons (Fsp3) is 0.100. The van der Waals surface area contributed by atoms with E-state index in [1.54, 1.807) is 43.3 Å². The van der Waals surface area contributed by atoms with Crippen molar-refractivity contribution < 1.29 is 13.2 Å². The van der Waals surface area contributed by atoms with Crippen LogP contribution in [0.15, 0.2) is 82.1 Å². The topological polar surface area (TPSA) is 78.8 Å². The highest BCUT2D eigenvalue weighted by Gasteiger charge is 2.27. The summed E-state index contributed by atoms with van der Waals surface area (Å²) in [6, 6.07) is 18.8. The van der Waals surface area contributed by atoms with Crippen LogP contribution in [0.5, 0.6) is 0 Å². The fourth-order valence-electron chi connectivity index (χ4n) is 2.56. The van der Waals surface area contributed by atoms with E-state index in [0.29, 0.717) is 5.69 Å². The van der Waals surface area contributed by atoms with E-state index in [1.807, 2.05) is 23.6 Å². The van der Waals surface area contributed by atoms with Gasteiger partial charge in [-0.25, -0.2) is 13.8 Å². The minimum Gasteiger partial charge on any atom is -0.271 e. The SMILES string of the molecule is Cc1ccccc1N(CC(=O)NN=Cc1cccs1)S(=O)(=O)c1ccccc1. The van der Waals surface area contributed by atoms with E-state index >= 15 is 0 Å². The normalized spacial score (nSPS) is 11.5. The zero-order chi connectivity index (χ0) is 20.0. The molecule has 0 aliphatic heterocycles. The molecule has 144 valence electrons. The molecule has 6 nitrogen and oxygen atoms in total. The van der Waals surface area contributed by atoms with Crippen molar-refractivity contribution >= 4 is 39.2 Å². The van der Waals surface area contributed by atoms with Gasteiger partial charge < -0.3 is 0 Å². The second-order valence-electron chi connectivity index (χ2n) is 5.92. The maximum atomic E-state index is 13.2. The minimum absolute atomic E-state index is 0.119. The Morgan fingerprint density at radius 2 is 1.79 bits per heavy atom. The predicted octanol–water partition coefficient (Wildman–Crippen LogP) is 3.40. The monoisotopic (exact) mass is 413 g/mol. The lowest BCUT2D eigenvalue weighted by molar-refractivity contribution is -0.119. The molecule has 0 spiro atoms. The van der Waals surface area contributed by atoms with Gasteiger partial charge in [-0.1, -0.05) is 42.5 Å². The van der Waals surface area contributed by atoms with Gasteiger partial charge in [-0.15, -0.1) is 11.3 Å². The molecule has 0 saturated carbocycles. The quantitative estimate of drug-likeness (QED) is 0.476. The lowest BCUT2D eigenvalue weighted by Gasteiger charge is -2.25. The summed E-state index contributed by atoms with van der Waals surface area (Å²) in [5.41, 5.74) is 3.59. The zero-order valence-corrected chi connectivity index (χ0v) is 16.8. The van der Waals surface area contributed by atoms with Crippen LogP contribution in [0, 0.1) is 6.92 Å². The van der Waals surface area contributed by atoms with E-state index in [2.05, 4.69) is 10.5 Å². The number of hydrogen-bond acceptors (Lipinski definition) is 5. The molecule has 0 atom stereocenters. The molecule has 0 bridgehead atoms. The summed E-state index contributed by atoms with van der Waals surface area (Å²) in [7, 11) is -3.92. The van der Waals surface area contributed by atoms with Gasteiger partial charge in [0.2, 0.25) is 0 Å². The van der Waals surface area contributed by atoms with Gasteiger partial charge in [0.15, 0.2) is 0 Å². The Labute approximate surface area is 168 Å². The molecule has 0 aliphatic carbocycles. The average molecular weight is 414 g/mol. The Morgan fingerprint density at radius 3 is 2.46 bits per heavy atom. The molecule has 0 unspecified atom stereocenters. The molecule has 28 heavy (non-hydrogen) atoms. The van der Waals surface area contributed by atoms with Gasteiger partial charge in [0.1, 0.15) is 6.54 Å². The maximum absolute atomic E-state index is 13.2. The van der Waals surface area contributed by atoms with Crippen molar-refractivity contribution in [1.29, 1.82) is 0 Å². The van der Waals surface area contributed by atoms with Crippen molar-refractivity contribution in [2.75, 3.05) is 10.8 Å². The highest BCUT2D eigenvalue weighted by molar-refractivity contribution is 7.92. The Kier molecular flexibility index (Phi) is 6.23. The molecule has 3 aromatic rings. The van der Waals surface area contributed by atoms with Crippen molar-refractivity contribution in [2.45, 2.75) is 11.8 Å². The molecular formula is C20H19N3O3S2. The Hall–Kier alpha value is -2.97. The highest BCUT2D eigenvalue weighted by atomic mass is 32.2. The van der Waals surface area contributed by atoms with Crippen LogP contribution in [0.1, 0.15) is 10.4 Å². The number of benzene rings is 2. The van der Waals surface area contributed by atoms with E-state index in [9.17, 15) is 13.2 Å². The number of nitrogens with zero attached hydrogens (tertiary/aromatic N) is 2. The Morgan fingerprint density at radius 1 is 1.07 bits per heavy atom. The van der Waals surface area contributed by atoms with Crippen LogP contribution >= 0.6 is 11.3 Å². The van der Waals surface area contributed by atoms with Gasteiger partial charge in [0, 0.05) is 4.88 Å². The number of para-hydroxylation sites is 1. The number of hydrazone groups is 1. The van der Waals surface area contributed by atoms with E-state index in [0.717, 1.165) is 14.7 Å². The first-order valence-corrected chi connectivity index (χ1v) is 10.8. The van der Waals surface area contributed by atoms with Crippen molar-refractivity contribution in [1.82, 2.24) is 5.43 Å². The third-order valence-corrected chi connectivity index (χ3v) is 6.51. The molecule has 0 fully saturated rings. The summed E-state index contributed by atoms with van der Waals surface area (Å²) in [5, 5.41) is 5.80. The highest BCUT2D eigenvalue weighted by Crippen LogP contribution is 2.26. The van der Waals surface area contributed by atoms with E-state index in [-0.39, 0.29) is 11.4 Å². The van der Waals surface area contributed by atoms with Crippen molar-refractivity contribution in [3.05, 3.63) is 82.6 Å². The van der Waals surface area contributed by atoms with E-state index < -0.39 is 15.9 Å². The van der Waals surface area contributed by atoms with Gasteiger partial charge in [0.05, 0.1) is 16.8 Å². The number of nitrogens with one attached hydrogen (secondary N) is 1. The number of carbonyl (C=O) groups is 1. The smallest absolute Gasteiger partial charge is 0.264 e. The summed E-state index contributed by atoms with van der Waals surface area (Å²) in [4.78, 5) is 13.4. The number of aryl methyl sites for hydroxylation is 1. The number of hydrogen-bond donors (Lipinski definition) is 1. The van der Waals surface area contributed by atoms with Crippen LogP contribution in [-0.4, -0.2) is 27.1 Å². The van der Waals surface area contributed by atoms with Gasteiger partial charge in [-0.05, 0) is 42.1 Å². The summed E-state index contributed by atoms with van der Waals surface area (Å²) in [6.07, 6.45) is 1.52. The second-order valence-corrected chi connectivity index (χ2v) is 8.76. The molecule has 0 radical (unpaired) electrons. The molecule has 1 amide bonds. The van der Waals surface area contributed by atoms with Crippen LogP contribution in [0.4, 0.5) is 5.69 Å². The van der Waals surface area contributed by atoms with Gasteiger partial charge in [-0.3, -0.25) is 9.10 Å². The number of carbonyl (C=O) groups excluding carboxylic acids is 1. The molecule has 1 heterocycles. The number of sulfonamides is 1. The lowest BCUT2D eigenvalue weighted by atomic mass is 10.2. The lowest BCUT2D eigenvalue weighted by Crippen LogP contribution is -2.40. The molecular weight excluding hydrogens is 394 g/mol. The first-order valence-electron chi connectivity index (χ1n) is 8.47. The Balaban J connectivity index is 1.87. The molecule has 3 rings (SSSR count). The second kappa shape index (κ2) is 8.81. The van der Waals surface area contributed by atoms with Crippen molar-refractivity contribution in [3.8, 4) is 0 Å². The summed E-state index contributed by atoms with van der Waals surface area (Å²) in [6.45, 7) is 1.42. The predicted molar refractivity (Wildman–Crippen MR) is 112 cm³/mol. The van der Waals surface area contributed by atoms with Crippen LogP contribution in [0.3, 0.4) is 0 Å². The van der Waals surface area contributed by atoms with Crippen LogP contribution in [0.2, 0.25) is 0 Å². The van der Waals surface area contributed by atoms with Crippen LogP contribution in [-0.2, 0) is 14.8 Å². The largest absolute Gasteiger partial charge is 0.271 e. The first-order chi connectivity index (χ1) is 13.5. The fourth-order valence-corrected chi connectivity index (χ4v) is 4.65. The van der Waals surface area contributed by atoms with E-state index in [1.165, 1.54) is 29.7 Å². The van der Waals surface area contributed by atoms with Crippen LogP contribution in [0.25, 0.3) is 0 Å². The van der Waals surface area contributed by atoms with Gasteiger partial charge >= 0.3 is 0 Å². The molecule has 8 heteroatoms. The van der Waals surface area contributed by atoms with Crippen molar-refractivity contribution in [3.63, 3.8) is 0 Å². The molecule has 1 N–H and O–H groups in total. The molecule has 0 saturated heterocycles. The standard InChI is InChI=1S/C20H19N3O3S2/c1-16-8-5-6-12-19(16)23(28(25,26)18-10-3-2-4-11-18)15-20(24)22-21-14-17-9-7-13-27-17/h2-14H,15H2,1H3,(H,22,24). The van der Waals surface area contributed by atoms with Crippen molar-refractivity contribution in [2.24, 2.45) is 5.10 Å². The van der Waals surface area contributed by atoms with Gasteiger partial charge in [0.25, 0.3) is 15.9 Å². The molecule has 2 aromatic carbocycles. The number of amides is 1. The summed E-state index contributed by atoms with van der Waals surface area (Å²) in [5.74, 6) is -0.532. The molecule has 0 aliphatic rings. The maximum Gasteiger partial charge on any atom is 0.264 e. The Bertz CT molecular complexity index is 1060. The number of thiophene rings is 1. The number of anilines is 1. The van der Waals surface area contributed by atoms with Crippen LogP contribution < -0.4 is 9.73 Å². The van der Waals surface area contributed by atoms with E-state index in [4.69, 9.17) is 0 Å². The zero-order valence-electron chi connectivity index (χ0n) is 15.1. The van der Waals surface area contributed by atoms with Gasteiger partial charge in [-0.2, -0.15) is 5.10 Å². The summed E-state index contributed by atoms with van der Waals surface area (Å²) < 4.78 is 27.5. The third-order valence-electron chi connectivity index (χ3n) is 3.93. The minimum atomic E-state index is -3.92. The first kappa shape index (κ1) is 19.8.